The first-order valence-corrected chi connectivity index (χ1v) is 10.7. The van der Waals surface area contributed by atoms with Crippen LogP contribution in [0.3, 0.4) is 0 Å². The first-order valence-electron chi connectivity index (χ1n) is 9.26. The highest BCUT2D eigenvalue weighted by Gasteiger charge is 2.32. The van der Waals surface area contributed by atoms with Crippen LogP contribution in [0.2, 0.25) is 0 Å². The van der Waals surface area contributed by atoms with Gasteiger partial charge in [0.15, 0.2) is 0 Å². The number of aryl methyl sites for hydroxylation is 1. The summed E-state index contributed by atoms with van der Waals surface area (Å²) < 4.78 is 28.7. The van der Waals surface area contributed by atoms with Crippen molar-refractivity contribution in [3.8, 4) is 0 Å². The molecule has 0 saturated carbocycles. The Morgan fingerprint density at radius 1 is 1.11 bits per heavy atom. The molecule has 2 aromatic rings. The Morgan fingerprint density at radius 3 is 2.59 bits per heavy atom. The van der Waals surface area contributed by atoms with Crippen molar-refractivity contribution >= 4 is 15.9 Å². The highest BCUT2D eigenvalue weighted by Crippen LogP contribution is 2.22. The number of nitrogens with one attached hydrogen (secondary N) is 1. The zero-order valence-electron chi connectivity index (χ0n) is 15.0. The molecule has 0 spiro atoms. The summed E-state index contributed by atoms with van der Waals surface area (Å²) in [4.78, 5) is 17.1. The fraction of sp³-hybridized carbons (Fsp3) is 0.500. The normalized spacial score (nSPS) is 21.6. The first kappa shape index (κ1) is 18.1. The number of amides is 1. The van der Waals surface area contributed by atoms with Crippen molar-refractivity contribution in [2.75, 3.05) is 13.1 Å². The first-order chi connectivity index (χ1) is 13.0. The van der Waals surface area contributed by atoms with E-state index < -0.39 is 10.0 Å². The molecule has 1 fully saturated rings. The Hall–Kier alpha value is -2.26. The van der Waals surface area contributed by atoms with Crippen LogP contribution < -0.4 is 5.32 Å². The van der Waals surface area contributed by atoms with Gasteiger partial charge in [0.25, 0.3) is 0 Å². The van der Waals surface area contributed by atoms with Crippen LogP contribution in [0.25, 0.3) is 0 Å². The van der Waals surface area contributed by atoms with E-state index >= 15 is 0 Å². The summed E-state index contributed by atoms with van der Waals surface area (Å²) in [5.74, 6) is 0.851. The van der Waals surface area contributed by atoms with Crippen molar-refractivity contribution in [3.63, 3.8) is 0 Å². The third-order valence-electron chi connectivity index (χ3n) is 5.36. The molecule has 4 rings (SSSR count). The number of carbonyl (C=O) groups is 1. The Labute approximate surface area is 158 Å². The Bertz CT molecular complexity index is 904. The molecule has 3 heterocycles. The molecular weight excluding hydrogens is 366 g/mol. The summed E-state index contributed by atoms with van der Waals surface area (Å²) in [5, 5.41) is 7.26. The largest absolute Gasteiger partial charge is 0.353 e. The van der Waals surface area contributed by atoms with E-state index in [2.05, 4.69) is 15.4 Å². The lowest BCUT2D eigenvalue weighted by Gasteiger charge is -2.32. The number of rotatable bonds is 4. The zero-order chi connectivity index (χ0) is 18.9. The molecule has 1 aromatic heterocycles. The maximum atomic E-state index is 12.7. The number of aromatic nitrogens is 3. The standard InChI is InChI=1S/C18H23N5O3S/c24-18(14-6-7-17-19-13-20-23(17)12-14)21-15-8-10-22(11-9-15)27(25,26)16-4-2-1-3-5-16/h1-5,13-15H,6-12H2,(H,21,24). The van der Waals surface area contributed by atoms with Gasteiger partial charge in [-0.1, -0.05) is 18.2 Å². The van der Waals surface area contributed by atoms with E-state index in [0.29, 0.717) is 37.4 Å². The topological polar surface area (TPSA) is 97.2 Å². The molecule has 1 N–H and O–H groups in total. The van der Waals surface area contributed by atoms with Crippen LogP contribution in [0.5, 0.6) is 0 Å². The van der Waals surface area contributed by atoms with Gasteiger partial charge in [0.05, 0.1) is 17.4 Å². The molecule has 2 aliphatic heterocycles. The van der Waals surface area contributed by atoms with Gasteiger partial charge in [-0.05, 0) is 31.4 Å². The van der Waals surface area contributed by atoms with Crippen molar-refractivity contribution < 1.29 is 13.2 Å². The van der Waals surface area contributed by atoms with E-state index in [9.17, 15) is 13.2 Å². The molecule has 2 aliphatic rings. The van der Waals surface area contributed by atoms with Gasteiger partial charge < -0.3 is 5.32 Å². The second-order valence-electron chi connectivity index (χ2n) is 7.09. The molecule has 1 amide bonds. The van der Waals surface area contributed by atoms with E-state index in [-0.39, 0.29) is 17.9 Å². The average Bonchev–Trinajstić information content (AvgIpc) is 3.17. The van der Waals surface area contributed by atoms with Gasteiger partial charge in [-0.15, -0.1) is 0 Å². The second kappa shape index (κ2) is 7.40. The van der Waals surface area contributed by atoms with Crippen LogP contribution in [0.4, 0.5) is 0 Å². The number of piperidine rings is 1. The fourth-order valence-electron chi connectivity index (χ4n) is 3.75. The third-order valence-corrected chi connectivity index (χ3v) is 7.27. The number of hydrogen-bond donors (Lipinski definition) is 1. The maximum absolute atomic E-state index is 12.7. The fourth-order valence-corrected chi connectivity index (χ4v) is 5.24. The van der Waals surface area contributed by atoms with Crippen LogP contribution in [0.1, 0.15) is 25.1 Å². The summed E-state index contributed by atoms with van der Waals surface area (Å²) in [6.45, 7) is 1.39. The number of fused-ring (bicyclic) bond motifs is 1. The minimum absolute atomic E-state index is 0.0110. The van der Waals surface area contributed by atoms with E-state index in [1.807, 2.05) is 0 Å². The average molecular weight is 389 g/mol. The molecule has 144 valence electrons. The van der Waals surface area contributed by atoms with Crippen LogP contribution in [0, 0.1) is 5.92 Å². The predicted octanol–water partition coefficient (Wildman–Crippen LogP) is 0.810. The van der Waals surface area contributed by atoms with Crippen molar-refractivity contribution in [1.82, 2.24) is 24.4 Å². The van der Waals surface area contributed by atoms with Gasteiger partial charge >= 0.3 is 0 Å². The van der Waals surface area contributed by atoms with Crippen molar-refractivity contribution in [3.05, 3.63) is 42.5 Å². The van der Waals surface area contributed by atoms with Gasteiger partial charge in [0, 0.05) is 25.6 Å². The second-order valence-corrected chi connectivity index (χ2v) is 9.03. The van der Waals surface area contributed by atoms with Crippen molar-refractivity contribution in [1.29, 1.82) is 0 Å². The van der Waals surface area contributed by atoms with E-state index in [4.69, 9.17) is 0 Å². The lowest BCUT2D eigenvalue weighted by atomic mass is 9.97. The van der Waals surface area contributed by atoms with Crippen molar-refractivity contribution in [2.24, 2.45) is 5.92 Å². The summed E-state index contributed by atoms with van der Waals surface area (Å²) in [7, 11) is -3.46. The molecule has 0 radical (unpaired) electrons. The molecule has 9 heteroatoms. The lowest BCUT2D eigenvalue weighted by molar-refractivity contribution is -0.127. The van der Waals surface area contributed by atoms with Gasteiger partial charge in [-0.25, -0.2) is 18.1 Å². The van der Waals surface area contributed by atoms with Gasteiger partial charge in [0.1, 0.15) is 12.2 Å². The molecule has 8 nitrogen and oxygen atoms in total. The molecule has 0 aliphatic carbocycles. The van der Waals surface area contributed by atoms with Crippen LogP contribution in [-0.2, 0) is 27.8 Å². The highest BCUT2D eigenvalue weighted by atomic mass is 32.2. The van der Waals surface area contributed by atoms with Crippen molar-refractivity contribution in [2.45, 2.75) is 43.2 Å². The SMILES string of the molecule is O=C(NC1CCN(S(=O)(=O)c2ccccc2)CC1)C1CCc2ncnn2C1. The molecule has 1 aromatic carbocycles. The van der Waals surface area contributed by atoms with Crippen LogP contribution in [0.15, 0.2) is 41.6 Å². The minimum Gasteiger partial charge on any atom is -0.353 e. The molecule has 0 bridgehead atoms. The monoisotopic (exact) mass is 389 g/mol. The summed E-state index contributed by atoms with van der Waals surface area (Å²) in [6.07, 6.45) is 4.30. The lowest BCUT2D eigenvalue weighted by Crippen LogP contribution is -2.48. The Kier molecular flexibility index (Phi) is 4.96. The summed E-state index contributed by atoms with van der Waals surface area (Å²) in [6, 6.07) is 8.50. The third kappa shape index (κ3) is 3.74. The number of hydrogen-bond acceptors (Lipinski definition) is 5. The number of benzene rings is 1. The van der Waals surface area contributed by atoms with Crippen LogP contribution in [-0.4, -0.2) is 52.5 Å². The quantitative estimate of drug-likeness (QED) is 0.835. The summed E-state index contributed by atoms with van der Waals surface area (Å²) >= 11 is 0. The number of nitrogens with zero attached hydrogens (tertiary/aromatic N) is 4. The van der Waals surface area contributed by atoms with Gasteiger partial charge in [-0.2, -0.15) is 9.40 Å². The highest BCUT2D eigenvalue weighted by molar-refractivity contribution is 7.89. The number of sulfonamides is 1. The molecule has 1 atom stereocenters. The molecule has 1 unspecified atom stereocenters. The zero-order valence-corrected chi connectivity index (χ0v) is 15.8. The Morgan fingerprint density at radius 2 is 1.85 bits per heavy atom. The molecule has 27 heavy (non-hydrogen) atoms. The Balaban J connectivity index is 1.32. The summed E-state index contributed by atoms with van der Waals surface area (Å²) in [5.41, 5.74) is 0. The van der Waals surface area contributed by atoms with E-state index in [0.717, 1.165) is 18.7 Å². The van der Waals surface area contributed by atoms with Gasteiger partial charge in [-0.3, -0.25) is 4.79 Å². The molecular formula is C18H23N5O3S. The molecule has 1 saturated heterocycles. The van der Waals surface area contributed by atoms with Gasteiger partial charge in [0.2, 0.25) is 15.9 Å². The predicted molar refractivity (Wildman–Crippen MR) is 98.2 cm³/mol. The smallest absolute Gasteiger partial charge is 0.243 e. The number of carbonyl (C=O) groups excluding carboxylic acids is 1. The maximum Gasteiger partial charge on any atom is 0.243 e. The van der Waals surface area contributed by atoms with Crippen LogP contribution >= 0.6 is 0 Å². The van der Waals surface area contributed by atoms with E-state index in [1.54, 1.807) is 35.0 Å². The van der Waals surface area contributed by atoms with E-state index in [1.165, 1.54) is 10.6 Å². The minimum atomic E-state index is -3.46.